The monoisotopic (exact) mass is 300 g/mol. The first-order valence-corrected chi connectivity index (χ1v) is 7.10. The molecule has 0 radical (unpaired) electrons. The molecule has 7 heteroatoms. The van der Waals surface area contributed by atoms with E-state index >= 15 is 0 Å². The summed E-state index contributed by atoms with van der Waals surface area (Å²) in [6, 6.07) is 9.92. The minimum Gasteiger partial charge on any atom is -0.477 e. The first-order valence-electron chi connectivity index (χ1n) is 6.28. The Morgan fingerprint density at radius 3 is 2.76 bits per heavy atom. The molecule has 0 aliphatic rings. The molecule has 1 N–H and O–H groups in total. The fraction of sp³-hybridized carbons (Fsp3) is 0.143. The second-order valence-electron chi connectivity index (χ2n) is 4.53. The summed E-state index contributed by atoms with van der Waals surface area (Å²) in [5, 5.41) is 17.8. The van der Waals surface area contributed by atoms with Gasteiger partial charge in [0.2, 0.25) is 0 Å². The lowest BCUT2D eigenvalue weighted by molar-refractivity contribution is 0.0701. The summed E-state index contributed by atoms with van der Waals surface area (Å²) in [6.45, 7) is 2.29. The van der Waals surface area contributed by atoms with Gasteiger partial charge in [0.05, 0.1) is 18.4 Å². The summed E-state index contributed by atoms with van der Waals surface area (Å²) in [6.07, 6.45) is 1.77. The van der Waals surface area contributed by atoms with Crippen LogP contribution in [0, 0.1) is 6.92 Å². The zero-order chi connectivity index (χ0) is 14.8. The molecule has 3 rings (SSSR count). The Balaban J connectivity index is 1.85. The van der Waals surface area contributed by atoms with Crippen LogP contribution in [-0.4, -0.2) is 31.1 Å². The fourth-order valence-corrected chi connectivity index (χ4v) is 2.80. The van der Waals surface area contributed by atoms with Crippen molar-refractivity contribution >= 4 is 17.3 Å². The third kappa shape index (κ3) is 2.82. The van der Waals surface area contributed by atoms with Crippen molar-refractivity contribution < 1.29 is 9.90 Å². The van der Waals surface area contributed by atoms with Crippen LogP contribution in [0.15, 0.2) is 36.5 Å². The number of carboxylic acids is 1. The first-order chi connectivity index (χ1) is 10.1. The smallest absolute Gasteiger partial charge is 0.347 e. The average molecular weight is 300 g/mol. The van der Waals surface area contributed by atoms with Gasteiger partial charge in [-0.25, -0.2) is 14.5 Å². The molecule has 0 bridgehead atoms. The number of benzene rings is 1. The number of carboxylic acid groups (broad SMARTS) is 1. The van der Waals surface area contributed by atoms with Crippen molar-refractivity contribution in [3.8, 4) is 10.7 Å². The van der Waals surface area contributed by atoms with Crippen LogP contribution in [0.3, 0.4) is 0 Å². The van der Waals surface area contributed by atoms with Crippen LogP contribution < -0.4 is 0 Å². The lowest BCUT2D eigenvalue weighted by Gasteiger charge is -1.98. The van der Waals surface area contributed by atoms with Crippen LogP contribution in [0.4, 0.5) is 0 Å². The highest BCUT2D eigenvalue weighted by Gasteiger charge is 2.16. The molecule has 0 saturated carbocycles. The lowest BCUT2D eigenvalue weighted by atomic mass is 10.2. The summed E-state index contributed by atoms with van der Waals surface area (Å²) in [5.74, 6) is -0.965. The average Bonchev–Trinajstić information content (AvgIpc) is 3.06. The van der Waals surface area contributed by atoms with Crippen LogP contribution in [0.2, 0.25) is 0 Å². The van der Waals surface area contributed by atoms with E-state index in [1.807, 2.05) is 30.3 Å². The van der Waals surface area contributed by atoms with Gasteiger partial charge in [0.1, 0.15) is 15.6 Å². The molecule has 0 unspecified atom stereocenters. The summed E-state index contributed by atoms with van der Waals surface area (Å²) < 4.78 is 1.71. The van der Waals surface area contributed by atoms with Crippen LogP contribution in [0.25, 0.3) is 10.7 Å². The van der Waals surface area contributed by atoms with Crippen LogP contribution in [-0.2, 0) is 6.54 Å². The maximum Gasteiger partial charge on any atom is 0.347 e. The standard InChI is InChI=1S/C14H12N4O2S/c1-9-12(14(19)20)21-13(15-9)11-8-18(17-16-11)7-10-5-3-2-4-6-10/h2-6,8H,7H2,1H3,(H,19,20). The van der Waals surface area contributed by atoms with Gasteiger partial charge < -0.3 is 5.11 Å². The second-order valence-corrected chi connectivity index (χ2v) is 5.52. The maximum atomic E-state index is 11.0. The molecule has 1 aromatic carbocycles. The Labute approximate surface area is 124 Å². The van der Waals surface area contributed by atoms with Gasteiger partial charge in [-0.05, 0) is 12.5 Å². The summed E-state index contributed by atoms with van der Waals surface area (Å²) in [7, 11) is 0. The minimum atomic E-state index is -0.965. The quantitative estimate of drug-likeness (QED) is 0.800. The topological polar surface area (TPSA) is 80.9 Å². The predicted octanol–water partition coefficient (Wildman–Crippen LogP) is 2.46. The normalized spacial score (nSPS) is 10.7. The van der Waals surface area contributed by atoms with Crippen LogP contribution in [0.1, 0.15) is 20.9 Å². The van der Waals surface area contributed by atoms with Gasteiger partial charge in [-0.2, -0.15) is 0 Å². The number of aromatic nitrogens is 4. The Bertz CT molecular complexity index is 779. The molecule has 0 amide bonds. The lowest BCUT2D eigenvalue weighted by Crippen LogP contribution is -1.99. The Hall–Kier alpha value is -2.54. The van der Waals surface area contributed by atoms with Crippen molar-refractivity contribution in [2.24, 2.45) is 0 Å². The first kappa shape index (κ1) is 13.4. The number of aromatic carboxylic acids is 1. The second kappa shape index (κ2) is 5.45. The van der Waals surface area contributed by atoms with Crippen molar-refractivity contribution in [1.29, 1.82) is 0 Å². The Morgan fingerprint density at radius 1 is 1.33 bits per heavy atom. The molecule has 2 aromatic heterocycles. The summed E-state index contributed by atoms with van der Waals surface area (Å²) in [5.41, 5.74) is 2.21. The number of hydrogen-bond acceptors (Lipinski definition) is 5. The molecule has 2 heterocycles. The Kier molecular flexibility index (Phi) is 3.49. The third-order valence-corrected chi connectivity index (χ3v) is 4.10. The number of hydrogen-bond donors (Lipinski definition) is 1. The predicted molar refractivity (Wildman–Crippen MR) is 78.4 cm³/mol. The van der Waals surface area contributed by atoms with E-state index in [0.717, 1.165) is 16.9 Å². The van der Waals surface area contributed by atoms with Crippen molar-refractivity contribution in [3.05, 3.63) is 52.7 Å². The molecule has 0 saturated heterocycles. The van der Waals surface area contributed by atoms with E-state index in [2.05, 4.69) is 15.3 Å². The molecule has 0 aliphatic carbocycles. The molecule has 0 atom stereocenters. The number of thiazole rings is 1. The third-order valence-electron chi connectivity index (χ3n) is 2.94. The van der Waals surface area contributed by atoms with E-state index in [1.54, 1.807) is 17.8 Å². The molecule has 6 nitrogen and oxygen atoms in total. The molecule has 0 spiro atoms. The van der Waals surface area contributed by atoms with Crippen LogP contribution in [0.5, 0.6) is 0 Å². The molecule has 0 fully saturated rings. The van der Waals surface area contributed by atoms with Crippen molar-refractivity contribution in [2.45, 2.75) is 13.5 Å². The van der Waals surface area contributed by atoms with E-state index in [0.29, 0.717) is 22.9 Å². The maximum absolute atomic E-state index is 11.0. The van der Waals surface area contributed by atoms with Crippen molar-refractivity contribution in [3.63, 3.8) is 0 Å². The SMILES string of the molecule is Cc1nc(-c2cn(Cc3ccccc3)nn2)sc1C(=O)O. The van der Waals surface area contributed by atoms with Crippen molar-refractivity contribution in [1.82, 2.24) is 20.0 Å². The summed E-state index contributed by atoms with van der Waals surface area (Å²) >= 11 is 1.11. The highest BCUT2D eigenvalue weighted by atomic mass is 32.1. The van der Waals surface area contributed by atoms with Gasteiger partial charge in [-0.3, -0.25) is 0 Å². The molecule has 0 aliphatic heterocycles. The number of aryl methyl sites for hydroxylation is 1. The number of carbonyl (C=O) groups is 1. The van der Waals surface area contributed by atoms with Gasteiger partial charge >= 0.3 is 5.97 Å². The highest BCUT2D eigenvalue weighted by Crippen LogP contribution is 2.26. The number of rotatable bonds is 4. The zero-order valence-corrected chi connectivity index (χ0v) is 12.0. The Morgan fingerprint density at radius 2 is 2.10 bits per heavy atom. The zero-order valence-electron chi connectivity index (χ0n) is 11.2. The van der Waals surface area contributed by atoms with Crippen molar-refractivity contribution in [2.75, 3.05) is 0 Å². The fourth-order valence-electron chi connectivity index (χ4n) is 1.95. The van der Waals surface area contributed by atoms with Gasteiger partial charge in [-0.15, -0.1) is 16.4 Å². The van der Waals surface area contributed by atoms with E-state index < -0.39 is 5.97 Å². The molecule has 3 aromatic rings. The summed E-state index contributed by atoms with van der Waals surface area (Å²) in [4.78, 5) is 15.5. The van der Waals surface area contributed by atoms with Gasteiger partial charge in [0.15, 0.2) is 0 Å². The van der Waals surface area contributed by atoms with Crippen LogP contribution >= 0.6 is 11.3 Å². The number of nitrogens with zero attached hydrogens (tertiary/aromatic N) is 4. The van der Waals surface area contributed by atoms with Gasteiger partial charge in [0.25, 0.3) is 0 Å². The van der Waals surface area contributed by atoms with Gasteiger partial charge in [-0.1, -0.05) is 35.5 Å². The molecule has 21 heavy (non-hydrogen) atoms. The van der Waals surface area contributed by atoms with E-state index in [-0.39, 0.29) is 4.88 Å². The highest BCUT2D eigenvalue weighted by molar-refractivity contribution is 7.16. The molecular formula is C14H12N4O2S. The molecule has 106 valence electrons. The minimum absolute atomic E-state index is 0.239. The van der Waals surface area contributed by atoms with E-state index in [9.17, 15) is 4.79 Å². The van der Waals surface area contributed by atoms with E-state index in [1.165, 1.54) is 0 Å². The molecular weight excluding hydrogens is 288 g/mol. The van der Waals surface area contributed by atoms with E-state index in [4.69, 9.17) is 5.11 Å². The van der Waals surface area contributed by atoms with Gasteiger partial charge in [0, 0.05) is 0 Å². The largest absolute Gasteiger partial charge is 0.477 e.